The first-order valence-corrected chi connectivity index (χ1v) is 14.6. The summed E-state index contributed by atoms with van der Waals surface area (Å²) in [6, 6.07) is 12.6. The summed E-state index contributed by atoms with van der Waals surface area (Å²) in [4.78, 5) is 12.9. The van der Waals surface area contributed by atoms with E-state index in [2.05, 4.69) is 16.7 Å². The molecule has 2 bridgehead atoms. The van der Waals surface area contributed by atoms with Crippen LogP contribution in [-0.4, -0.2) is 49.8 Å². The molecule has 0 radical (unpaired) electrons. The van der Waals surface area contributed by atoms with Crippen molar-refractivity contribution in [1.29, 1.82) is 5.26 Å². The lowest BCUT2D eigenvalue weighted by atomic mass is 9.98. The lowest BCUT2D eigenvalue weighted by molar-refractivity contribution is -0.124. The number of halogens is 1. The van der Waals surface area contributed by atoms with E-state index in [0.29, 0.717) is 41.7 Å². The van der Waals surface area contributed by atoms with Crippen molar-refractivity contribution in [2.45, 2.75) is 75.4 Å². The molecule has 1 aliphatic heterocycles. The molecule has 1 heterocycles. The Balaban J connectivity index is 1.43. The van der Waals surface area contributed by atoms with E-state index in [1.165, 1.54) is 10.4 Å². The van der Waals surface area contributed by atoms with Gasteiger partial charge in [0.25, 0.3) is 0 Å². The number of nitrogens with zero attached hydrogens (tertiary/aromatic N) is 2. The SMILES string of the molecule is CCCN(CCC)S(=O)(=O)c1ccc(-c2ccc(C[C@@H](C#N)NC(=O)[C@H]3N[C@@H]4CC[C@H]3C4)c(F)c2)cc1. The third kappa shape index (κ3) is 6.03. The molecule has 37 heavy (non-hydrogen) atoms. The normalized spacial score (nSPS) is 21.6. The molecule has 7 nitrogen and oxygen atoms in total. The number of nitrogens with one attached hydrogen (secondary N) is 2. The van der Waals surface area contributed by atoms with Crippen molar-refractivity contribution in [3.63, 3.8) is 0 Å². The van der Waals surface area contributed by atoms with E-state index in [-0.39, 0.29) is 23.3 Å². The number of benzene rings is 2. The average Bonchev–Trinajstić information content (AvgIpc) is 3.53. The summed E-state index contributed by atoms with van der Waals surface area (Å²) >= 11 is 0. The fraction of sp³-hybridized carbons (Fsp3) is 0.500. The van der Waals surface area contributed by atoms with Crippen LogP contribution in [-0.2, 0) is 21.2 Å². The Bertz CT molecular complexity index is 1250. The Kier molecular flexibility index (Phi) is 8.63. The summed E-state index contributed by atoms with van der Waals surface area (Å²) in [7, 11) is -3.59. The highest BCUT2D eigenvalue weighted by molar-refractivity contribution is 7.89. The Labute approximate surface area is 219 Å². The second-order valence-electron chi connectivity index (χ2n) is 10.0. The quantitative estimate of drug-likeness (QED) is 0.461. The second-order valence-corrected chi connectivity index (χ2v) is 12.0. The Morgan fingerprint density at radius 2 is 1.81 bits per heavy atom. The number of sulfonamides is 1. The van der Waals surface area contributed by atoms with Crippen molar-refractivity contribution in [2.24, 2.45) is 5.92 Å². The fourth-order valence-electron chi connectivity index (χ4n) is 5.47. The van der Waals surface area contributed by atoms with E-state index in [9.17, 15) is 18.5 Å². The van der Waals surface area contributed by atoms with E-state index >= 15 is 4.39 Å². The molecule has 2 N–H and O–H groups in total. The molecule has 1 aliphatic carbocycles. The van der Waals surface area contributed by atoms with Crippen molar-refractivity contribution in [1.82, 2.24) is 14.9 Å². The molecule has 2 fully saturated rings. The minimum Gasteiger partial charge on any atom is -0.339 e. The molecule has 4 atom stereocenters. The summed E-state index contributed by atoms with van der Waals surface area (Å²) in [5.41, 5.74) is 1.63. The summed E-state index contributed by atoms with van der Waals surface area (Å²) in [6.07, 6.45) is 4.63. The maximum atomic E-state index is 15.0. The third-order valence-electron chi connectivity index (χ3n) is 7.36. The molecule has 1 saturated heterocycles. The van der Waals surface area contributed by atoms with E-state index in [1.54, 1.807) is 36.4 Å². The van der Waals surface area contributed by atoms with Crippen LogP contribution in [0.2, 0.25) is 0 Å². The van der Waals surface area contributed by atoms with Gasteiger partial charge in [0.1, 0.15) is 11.9 Å². The van der Waals surface area contributed by atoms with Crippen LogP contribution < -0.4 is 10.6 Å². The first-order valence-electron chi connectivity index (χ1n) is 13.1. The molecule has 0 spiro atoms. The summed E-state index contributed by atoms with van der Waals surface area (Å²) < 4.78 is 42.5. The van der Waals surface area contributed by atoms with Gasteiger partial charge in [0.15, 0.2) is 0 Å². The smallest absolute Gasteiger partial charge is 0.243 e. The Hall–Kier alpha value is -2.80. The number of amides is 1. The number of hydrogen-bond acceptors (Lipinski definition) is 5. The standard InChI is InChI=1S/C28H35FN4O3S/c1-3-13-33(14-4-2)37(35,36)25-11-8-19(9-12-25)20-5-6-21(26(29)17-20)15-24(18-30)32-28(34)27-22-7-10-23(16-22)31-27/h5-6,8-9,11-12,17,22-24,27,31H,3-4,7,10,13-16H2,1-2H3,(H,32,34)/t22-,23+,24-,27-/m0/s1. The molecule has 1 amide bonds. The second kappa shape index (κ2) is 11.7. The highest BCUT2D eigenvalue weighted by Crippen LogP contribution is 2.35. The first kappa shape index (κ1) is 27.2. The topological polar surface area (TPSA) is 102 Å². The molecular weight excluding hydrogens is 491 g/mol. The van der Waals surface area contributed by atoms with E-state index < -0.39 is 21.9 Å². The van der Waals surface area contributed by atoms with Crippen LogP contribution in [0.1, 0.15) is 51.5 Å². The average molecular weight is 527 g/mol. The summed E-state index contributed by atoms with van der Waals surface area (Å²) in [6.45, 7) is 4.82. The first-order chi connectivity index (χ1) is 17.8. The van der Waals surface area contributed by atoms with E-state index in [1.807, 2.05) is 13.8 Å². The molecule has 4 rings (SSSR count). The molecule has 9 heteroatoms. The van der Waals surface area contributed by atoms with Crippen LogP contribution in [0.15, 0.2) is 47.4 Å². The van der Waals surface area contributed by atoms with Gasteiger partial charge >= 0.3 is 0 Å². The number of piperidine rings is 1. The number of rotatable bonds is 11. The lowest BCUT2D eigenvalue weighted by Gasteiger charge is -2.23. The number of fused-ring (bicyclic) bond motifs is 2. The zero-order valence-electron chi connectivity index (χ0n) is 21.4. The highest BCUT2D eigenvalue weighted by atomic mass is 32.2. The molecule has 1 saturated carbocycles. The minimum atomic E-state index is -3.59. The summed E-state index contributed by atoms with van der Waals surface area (Å²) in [5, 5.41) is 15.7. The van der Waals surface area contributed by atoms with Crippen LogP contribution in [0, 0.1) is 23.1 Å². The van der Waals surface area contributed by atoms with E-state index in [4.69, 9.17) is 0 Å². The van der Waals surface area contributed by atoms with Crippen molar-refractivity contribution < 1.29 is 17.6 Å². The largest absolute Gasteiger partial charge is 0.339 e. The van der Waals surface area contributed by atoms with Gasteiger partial charge in [-0.15, -0.1) is 0 Å². The van der Waals surface area contributed by atoms with Crippen LogP contribution in [0.25, 0.3) is 11.1 Å². The van der Waals surface area contributed by atoms with Gasteiger partial charge in [-0.25, -0.2) is 12.8 Å². The lowest BCUT2D eigenvalue weighted by Crippen LogP contribution is -2.50. The van der Waals surface area contributed by atoms with Gasteiger partial charge in [0, 0.05) is 25.6 Å². The predicted molar refractivity (Wildman–Crippen MR) is 140 cm³/mol. The van der Waals surface area contributed by atoms with Gasteiger partial charge in [-0.1, -0.05) is 38.1 Å². The molecule has 0 aromatic heterocycles. The van der Waals surface area contributed by atoms with Gasteiger partial charge in [-0.3, -0.25) is 4.79 Å². The van der Waals surface area contributed by atoms with E-state index in [0.717, 1.165) is 32.1 Å². The van der Waals surface area contributed by atoms with Crippen molar-refractivity contribution in [3.05, 3.63) is 53.8 Å². The van der Waals surface area contributed by atoms with Gasteiger partial charge < -0.3 is 10.6 Å². The van der Waals surface area contributed by atoms with Gasteiger partial charge in [0.2, 0.25) is 15.9 Å². The number of hydrogen-bond donors (Lipinski definition) is 2. The monoisotopic (exact) mass is 526 g/mol. The maximum absolute atomic E-state index is 15.0. The number of carbonyl (C=O) groups excluding carboxylic acids is 1. The van der Waals surface area contributed by atoms with Crippen LogP contribution in [0.5, 0.6) is 0 Å². The van der Waals surface area contributed by atoms with Gasteiger partial charge in [-0.05, 0) is 72.9 Å². The van der Waals surface area contributed by atoms with Crippen LogP contribution in [0.4, 0.5) is 4.39 Å². The Morgan fingerprint density at radius 1 is 1.14 bits per heavy atom. The molecule has 198 valence electrons. The molecule has 2 aromatic carbocycles. The summed E-state index contributed by atoms with van der Waals surface area (Å²) in [5.74, 6) is -0.357. The molecule has 2 aliphatic rings. The van der Waals surface area contributed by atoms with Crippen LogP contribution in [0.3, 0.4) is 0 Å². The van der Waals surface area contributed by atoms with Crippen molar-refractivity contribution in [3.8, 4) is 17.2 Å². The van der Waals surface area contributed by atoms with Gasteiger partial charge in [-0.2, -0.15) is 9.57 Å². The zero-order valence-corrected chi connectivity index (χ0v) is 22.2. The minimum absolute atomic E-state index is 0.0665. The van der Waals surface area contributed by atoms with Gasteiger partial charge in [0.05, 0.1) is 17.0 Å². The maximum Gasteiger partial charge on any atom is 0.243 e. The molecular formula is C28H35FN4O3S. The zero-order chi connectivity index (χ0) is 26.6. The number of nitriles is 1. The number of carbonyl (C=O) groups is 1. The predicted octanol–water partition coefficient (Wildman–Crippen LogP) is 3.99. The fourth-order valence-corrected chi connectivity index (χ4v) is 7.10. The molecule has 2 aromatic rings. The Morgan fingerprint density at radius 3 is 2.35 bits per heavy atom. The van der Waals surface area contributed by atoms with Crippen LogP contribution >= 0.6 is 0 Å². The highest BCUT2D eigenvalue weighted by Gasteiger charge is 2.43. The molecule has 0 unspecified atom stereocenters. The van der Waals surface area contributed by atoms with Crippen molar-refractivity contribution >= 4 is 15.9 Å². The third-order valence-corrected chi connectivity index (χ3v) is 9.28. The van der Waals surface area contributed by atoms with Crippen molar-refractivity contribution in [2.75, 3.05) is 13.1 Å².